The van der Waals surface area contributed by atoms with Crippen molar-refractivity contribution in [1.29, 1.82) is 0 Å². The lowest BCUT2D eigenvalue weighted by Crippen LogP contribution is -2.31. The zero-order valence-electron chi connectivity index (χ0n) is 15.0. The van der Waals surface area contributed by atoms with Crippen molar-refractivity contribution in [2.45, 2.75) is 6.42 Å². The number of likely N-dealkylation sites (N-methyl/N-ethyl adjacent to an activating group) is 1. The molecule has 25 heavy (non-hydrogen) atoms. The number of nitrogens with one attached hydrogen (secondary N) is 2. The molecule has 0 saturated carbocycles. The van der Waals surface area contributed by atoms with Gasteiger partial charge in [0.15, 0.2) is 0 Å². The van der Waals surface area contributed by atoms with Crippen LogP contribution >= 0.6 is 0 Å². The lowest BCUT2D eigenvalue weighted by molar-refractivity contribution is 0.0946. The molecule has 0 fully saturated rings. The molecule has 0 saturated heterocycles. The molecule has 1 heterocycles. The molecule has 2 rings (SSSR count). The number of hydrogen-bond acceptors (Lipinski definition) is 6. The van der Waals surface area contributed by atoms with Gasteiger partial charge >= 0.3 is 0 Å². The number of aromatic nitrogens is 2. The van der Waals surface area contributed by atoms with Gasteiger partial charge in [-0.05, 0) is 32.1 Å². The molecule has 1 amide bonds. The number of rotatable bonds is 9. The molecule has 0 atom stereocenters. The highest BCUT2D eigenvalue weighted by Gasteiger charge is 2.08. The maximum absolute atomic E-state index is 12.1. The van der Waals surface area contributed by atoms with Crippen LogP contribution in [0.3, 0.4) is 0 Å². The molecule has 2 aromatic rings. The summed E-state index contributed by atoms with van der Waals surface area (Å²) in [6.45, 7) is 2.03. The summed E-state index contributed by atoms with van der Waals surface area (Å²) in [6, 6.07) is 9.56. The molecule has 0 aliphatic rings. The molecule has 7 nitrogen and oxygen atoms in total. The van der Waals surface area contributed by atoms with Gasteiger partial charge in [-0.25, -0.2) is 9.97 Å². The number of anilines is 1. The molecule has 2 N–H and O–H groups in total. The molecule has 134 valence electrons. The van der Waals surface area contributed by atoms with Crippen molar-refractivity contribution in [1.82, 2.24) is 20.2 Å². The van der Waals surface area contributed by atoms with Crippen LogP contribution in [-0.4, -0.2) is 61.6 Å². The average Bonchev–Trinajstić information content (AvgIpc) is 2.62. The Kier molecular flexibility index (Phi) is 7.16. The summed E-state index contributed by atoms with van der Waals surface area (Å²) in [4.78, 5) is 22.3. The topological polar surface area (TPSA) is 79.4 Å². The van der Waals surface area contributed by atoms with Crippen LogP contribution in [0.4, 0.5) is 5.82 Å². The molecule has 0 aliphatic heterocycles. The second-order valence-electron chi connectivity index (χ2n) is 5.84. The predicted octanol–water partition coefficient (Wildman–Crippen LogP) is 1.43. The maximum atomic E-state index is 12.1. The molecule has 0 radical (unpaired) electrons. The Labute approximate surface area is 148 Å². The molecule has 1 aromatic heterocycles. The van der Waals surface area contributed by atoms with E-state index in [1.54, 1.807) is 13.2 Å². The van der Waals surface area contributed by atoms with E-state index in [-0.39, 0.29) is 5.91 Å². The van der Waals surface area contributed by atoms with Crippen LogP contribution in [0.25, 0.3) is 0 Å². The van der Waals surface area contributed by atoms with Crippen molar-refractivity contribution in [3.63, 3.8) is 0 Å². The number of nitrogens with zero attached hydrogens (tertiary/aromatic N) is 3. The lowest BCUT2D eigenvalue weighted by atomic mass is 10.1. The normalized spacial score (nSPS) is 10.6. The zero-order chi connectivity index (χ0) is 18.1. The smallest absolute Gasteiger partial charge is 0.270 e. The maximum Gasteiger partial charge on any atom is 0.270 e. The molecule has 0 spiro atoms. The number of benzene rings is 1. The molecule has 1 aromatic carbocycles. The van der Waals surface area contributed by atoms with Gasteiger partial charge in [0.1, 0.15) is 23.6 Å². The van der Waals surface area contributed by atoms with E-state index in [9.17, 15) is 4.79 Å². The van der Waals surface area contributed by atoms with E-state index in [0.29, 0.717) is 24.6 Å². The zero-order valence-corrected chi connectivity index (χ0v) is 15.0. The minimum Gasteiger partial charge on any atom is -0.496 e. The van der Waals surface area contributed by atoms with Crippen LogP contribution in [0.15, 0.2) is 36.7 Å². The van der Waals surface area contributed by atoms with Crippen molar-refractivity contribution in [3.05, 3.63) is 47.9 Å². The summed E-state index contributed by atoms with van der Waals surface area (Å²) in [5.41, 5.74) is 1.47. The van der Waals surface area contributed by atoms with Gasteiger partial charge in [-0.3, -0.25) is 4.79 Å². The van der Waals surface area contributed by atoms with Gasteiger partial charge in [0, 0.05) is 25.7 Å². The van der Waals surface area contributed by atoms with E-state index in [1.807, 2.05) is 43.3 Å². The molecule has 0 bridgehead atoms. The number of para-hydroxylation sites is 1. The van der Waals surface area contributed by atoms with Gasteiger partial charge in [-0.2, -0.15) is 0 Å². The van der Waals surface area contributed by atoms with E-state index in [1.165, 1.54) is 6.33 Å². The molecular formula is C18H25N5O2. The average molecular weight is 343 g/mol. The number of methoxy groups -OCH3 is 1. The summed E-state index contributed by atoms with van der Waals surface area (Å²) in [7, 11) is 5.58. The van der Waals surface area contributed by atoms with E-state index >= 15 is 0 Å². The van der Waals surface area contributed by atoms with Crippen LogP contribution in [-0.2, 0) is 6.42 Å². The lowest BCUT2D eigenvalue weighted by Gasteiger charge is -2.11. The van der Waals surface area contributed by atoms with Crippen LogP contribution in [0.1, 0.15) is 16.1 Å². The number of amides is 1. The van der Waals surface area contributed by atoms with Crippen LogP contribution in [0.5, 0.6) is 5.75 Å². The summed E-state index contributed by atoms with van der Waals surface area (Å²) in [5.74, 6) is 1.30. The van der Waals surface area contributed by atoms with Gasteiger partial charge in [-0.15, -0.1) is 0 Å². The Bertz CT molecular complexity index is 691. The van der Waals surface area contributed by atoms with Crippen molar-refractivity contribution in [2.75, 3.05) is 46.2 Å². The first kappa shape index (κ1) is 18.7. The highest BCUT2D eigenvalue weighted by atomic mass is 16.5. The van der Waals surface area contributed by atoms with Crippen LogP contribution in [0, 0.1) is 0 Å². The third kappa shape index (κ3) is 6.04. The molecular weight excluding hydrogens is 318 g/mol. The Morgan fingerprint density at radius 1 is 1.20 bits per heavy atom. The van der Waals surface area contributed by atoms with Crippen molar-refractivity contribution < 1.29 is 9.53 Å². The first-order valence-electron chi connectivity index (χ1n) is 8.21. The standard InChI is InChI=1S/C18H25N5O2/c1-23(2)11-10-20-18(24)15-12-17(22-13-21-15)19-9-8-14-6-4-5-7-16(14)25-3/h4-7,12-13H,8-11H2,1-3H3,(H,20,24)(H,19,21,22). The van der Waals surface area contributed by atoms with Gasteiger partial charge < -0.3 is 20.3 Å². The molecule has 7 heteroatoms. The highest BCUT2D eigenvalue weighted by Crippen LogP contribution is 2.17. The van der Waals surface area contributed by atoms with E-state index in [0.717, 1.165) is 24.3 Å². The van der Waals surface area contributed by atoms with Gasteiger partial charge in [0.05, 0.1) is 7.11 Å². The number of ether oxygens (including phenoxy) is 1. The third-order valence-electron chi connectivity index (χ3n) is 3.64. The van der Waals surface area contributed by atoms with Gasteiger partial charge in [0.25, 0.3) is 5.91 Å². The summed E-state index contributed by atoms with van der Waals surface area (Å²) in [6.07, 6.45) is 2.19. The largest absolute Gasteiger partial charge is 0.496 e. The van der Waals surface area contributed by atoms with Crippen molar-refractivity contribution >= 4 is 11.7 Å². The molecule has 0 aliphatic carbocycles. The summed E-state index contributed by atoms with van der Waals surface area (Å²) in [5, 5.41) is 6.06. The minimum absolute atomic E-state index is 0.197. The second-order valence-corrected chi connectivity index (χ2v) is 5.84. The van der Waals surface area contributed by atoms with E-state index in [4.69, 9.17) is 4.74 Å². The van der Waals surface area contributed by atoms with E-state index < -0.39 is 0 Å². The number of carbonyl (C=O) groups is 1. The van der Waals surface area contributed by atoms with Gasteiger partial charge in [0.2, 0.25) is 0 Å². The summed E-state index contributed by atoms with van der Waals surface area (Å²) < 4.78 is 5.34. The third-order valence-corrected chi connectivity index (χ3v) is 3.64. The Morgan fingerprint density at radius 3 is 2.76 bits per heavy atom. The minimum atomic E-state index is -0.197. The Balaban J connectivity index is 1.87. The number of carbonyl (C=O) groups excluding carboxylic acids is 1. The van der Waals surface area contributed by atoms with Crippen LogP contribution in [0.2, 0.25) is 0 Å². The molecule has 0 unspecified atom stereocenters. The highest BCUT2D eigenvalue weighted by molar-refractivity contribution is 5.92. The Morgan fingerprint density at radius 2 is 2.00 bits per heavy atom. The van der Waals surface area contributed by atoms with Gasteiger partial charge in [-0.1, -0.05) is 18.2 Å². The fourth-order valence-electron chi connectivity index (χ4n) is 2.30. The SMILES string of the molecule is COc1ccccc1CCNc1cc(C(=O)NCCN(C)C)ncn1. The fourth-order valence-corrected chi connectivity index (χ4v) is 2.30. The Hall–Kier alpha value is -2.67. The van der Waals surface area contributed by atoms with Crippen LogP contribution < -0.4 is 15.4 Å². The quantitative estimate of drug-likeness (QED) is 0.717. The fraction of sp³-hybridized carbons (Fsp3) is 0.389. The predicted molar refractivity (Wildman–Crippen MR) is 98.1 cm³/mol. The van der Waals surface area contributed by atoms with Crippen molar-refractivity contribution in [3.8, 4) is 5.75 Å². The van der Waals surface area contributed by atoms with Crippen molar-refractivity contribution in [2.24, 2.45) is 0 Å². The monoisotopic (exact) mass is 343 g/mol. The summed E-state index contributed by atoms with van der Waals surface area (Å²) >= 11 is 0. The second kappa shape index (κ2) is 9.58. The van der Waals surface area contributed by atoms with E-state index in [2.05, 4.69) is 20.6 Å². The first-order valence-corrected chi connectivity index (χ1v) is 8.21. The first-order chi connectivity index (χ1) is 12.1. The number of hydrogen-bond donors (Lipinski definition) is 2.